The lowest BCUT2D eigenvalue weighted by Gasteiger charge is -2.37. The molecule has 180 valence electrons. The van der Waals surface area contributed by atoms with Crippen molar-refractivity contribution in [2.24, 2.45) is 5.73 Å². The van der Waals surface area contributed by atoms with Gasteiger partial charge in [0.05, 0.1) is 19.3 Å². The highest BCUT2D eigenvalue weighted by atomic mass is 32.2. The third kappa shape index (κ3) is 6.25. The lowest BCUT2D eigenvalue weighted by molar-refractivity contribution is 0.169. The number of aryl methyl sites for hydroxylation is 1. The molecule has 1 heterocycles. The number of halogens is 3. The highest BCUT2D eigenvalue weighted by Crippen LogP contribution is 2.38. The van der Waals surface area contributed by atoms with E-state index in [9.17, 15) is 13.2 Å². The number of thioether (sulfide) groups is 1. The topological polar surface area (TPSA) is 56.5 Å². The van der Waals surface area contributed by atoms with Crippen molar-refractivity contribution in [1.82, 2.24) is 5.32 Å². The Morgan fingerprint density at radius 3 is 2.64 bits per heavy atom. The number of nitrogens with one attached hydrogen (secondary N) is 1. The number of nitrogens with two attached hydrogens (primary N) is 1. The maximum Gasteiger partial charge on any atom is 0.161 e. The van der Waals surface area contributed by atoms with Crippen molar-refractivity contribution in [3.8, 4) is 5.75 Å². The fourth-order valence-corrected chi connectivity index (χ4v) is 5.32. The number of hydrogen-bond donors (Lipinski definition) is 2. The van der Waals surface area contributed by atoms with Crippen LogP contribution in [0.25, 0.3) is 0 Å². The van der Waals surface area contributed by atoms with Crippen molar-refractivity contribution in [3.63, 3.8) is 0 Å². The molecule has 0 aliphatic carbocycles. The Bertz CT molecular complexity index is 996. The molecule has 4 nitrogen and oxygen atoms in total. The van der Waals surface area contributed by atoms with Gasteiger partial charge in [-0.25, -0.2) is 13.2 Å². The Labute approximate surface area is 197 Å². The van der Waals surface area contributed by atoms with Gasteiger partial charge in [-0.3, -0.25) is 0 Å². The fraction of sp³-hybridized carbons (Fsp3) is 0.440. The Balaban J connectivity index is 1.66. The van der Waals surface area contributed by atoms with E-state index in [2.05, 4.69) is 25.7 Å². The molecular formula is C25H31F3N2O2S. The van der Waals surface area contributed by atoms with Crippen LogP contribution in [0, 0.1) is 24.4 Å². The predicted octanol–water partition coefficient (Wildman–Crippen LogP) is 5.12. The molecule has 8 heteroatoms. The molecule has 1 saturated heterocycles. The van der Waals surface area contributed by atoms with E-state index >= 15 is 0 Å². The molecule has 0 radical (unpaired) electrons. The maximum atomic E-state index is 14.0. The number of rotatable bonds is 10. The normalized spacial score (nSPS) is 19.8. The Hall–Kier alpha value is -2.16. The summed E-state index contributed by atoms with van der Waals surface area (Å²) >= 11 is 1.74. The number of ether oxygens (including phenoxy) is 2. The highest BCUT2D eigenvalue weighted by Gasteiger charge is 2.41. The van der Waals surface area contributed by atoms with Crippen molar-refractivity contribution in [1.29, 1.82) is 0 Å². The third-order valence-corrected chi connectivity index (χ3v) is 7.53. The number of hydrogen-bond acceptors (Lipinski definition) is 5. The van der Waals surface area contributed by atoms with Gasteiger partial charge in [0.1, 0.15) is 11.6 Å². The van der Waals surface area contributed by atoms with Gasteiger partial charge in [0.15, 0.2) is 11.6 Å². The number of methoxy groups -OCH3 is 1. The molecule has 1 aliphatic heterocycles. The number of benzene rings is 2. The van der Waals surface area contributed by atoms with Crippen LogP contribution in [0.3, 0.4) is 0 Å². The van der Waals surface area contributed by atoms with Crippen LogP contribution in [-0.4, -0.2) is 37.2 Å². The van der Waals surface area contributed by atoms with Crippen LogP contribution < -0.4 is 15.8 Å². The first kappa shape index (κ1) is 25.5. The fourth-order valence-electron chi connectivity index (χ4n) is 4.03. The summed E-state index contributed by atoms with van der Waals surface area (Å²) in [7, 11) is 1.65. The summed E-state index contributed by atoms with van der Waals surface area (Å²) in [5.41, 5.74) is 7.77. The molecule has 3 atom stereocenters. The van der Waals surface area contributed by atoms with E-state index in [-0.39, 0.29) is 22.8 Å². The first-order valence-electron chi connectivity index (χ1n) is 10.9. The molecule has 1 aliphatic rings. The van der Waals surface area contributed by atoms with Gasteiger partial charge in [-0.2, -0.15) is 0 Å². The van der Waals surface area contributed by atoms with Gasteiger partial charge in [-0.05, 0) is 49.1 Å². The second-order valence-corrected chi connectivity index (χ2v) is 9.99. The Kier molecular flexibility index (Phi) is 8.37. The average molecular weight is 481 g/mol. The zero-order chi connectivity index (χ0) is 24.2. The highest BCUT2D eigenvalue weighted by molar-refractivity contribution is 8.00. The average Bonchev–Trinajstić information content (AvgIpc) is 3.23. The molecular weight excluding hydrogens is 449 g/mol. The second-order valence-electron chi connectivity index (χ2n) is 8.60. The van der Waals surface area contributed by atoms with Crippen LogP contribution in [0.2, 0.25) is 0 Å². The molecule has 2 aromatic carbocycles. The molecule has 1 fully saturated rings. The van der Waals surface area contributed by atoms with E-state index in [1.807, 2.05) is 18.2 Å². The first-order valence-corrected chi connectivity index (χ1v) is 11.8. The Morgan fingerprint density at radius 1 is 1.24 bits per heavy atom. The lowest BCUT2D eigenvalue weighted by atomic mass is 9.93. The molecule has 0 spiro atoms. The van der Waals surface area contributed by atoms with Crippen molar-refractivity contribution in [3.05, 3.63) is 71.2 Å². The smallest absolute Gasteiger partial charge is 0.161 e. The molecule has 0 aromatic heterocycles. The maximum absolute atomic E-state index is 14.0. The van der Waals surface area contributed by atoms with Gasteiger partial charge < -0.3 is 20.5 Å². The lowest BCUT2D eigenvalue weighted by Crippen LogP contribution is -2.52. The second kappa shape index (κ2) is 10.8. The standard InChI is InChI=1S/C25H31F3N2O2S/c1-15-5-6-20(31-4)12-24(15)33-17(3)25(7-8-32-14-25)30-16(2)9-19(29)10-18-11-22(27)23(28)13-21(18)26/h5-6,11-13,17,19,30H,2,7-10,14,29H2,1,3-4H3. The molecule has 3 N–H and O–H groups in total. The van der Waals surface area contributed by atoms with E-state index in [4.69, 9.17) is 15.2 Å². The van der Waals surface area contributed by atoms with Crippen molar-refractivity contribution in [2.45, 2.75) is 54.8 Å². The summed E-state index contributed by atoms with van der Waals surface area (Å²) in [6.45, 7) is 9.50. The predicted molar refractivity (Wildman–Crippen MR) is 126 cm³/mol. The van der Waals surface area contributed by atoms with Crippen LogP contribution in [0.1, 0.15) is 30.9 Å². The van der Waals surface area contributed by atoms with Crippen LogP contribution in [0.5, 0.6) is 5.75 Å². The molecule has 3 rings (SSSR count). The summed E-state index contributed by atoms with van der Waals surface area (Å²) in [6.07, 6.45) is 1.23. The largest absolute Gasteiger partial charge is 0.497 e. The zero-order valence-corrected chi connectivity index (χ0v) is 20.0. The van der Waals surface area contributed by atoms with Crippen molar-refractivity contribution in [2.75, 3.05) is 20.3 Å². The van der Waals surface area contributed by atoms with Gasteiger partial charge in [0.25, 0.3) is 0 Å². The van der Waals surface area contributed by atoms with E-state index in [1.54, 1.807) is 18.9 Å². The third-order valence-electron chi connectivity index (χ3n) is 6.04. The molecule has 0 saturated carbocycles. The monoisotopic (exact) mass is 480 g/mol. The Morgan fingerprint density at radius 2 is 1.97 bits per heavy atom. The summed E-state index contributed by atoms with van der Waals surface area (Å²) in [4.78, 5) is 1.13. The zero-order valence-electron chi connectivity index (χ0n) is 19.2. The van der Waals surface area contributed by atoms with Gasteiger partial charge in [0.2, 0.25) is 0 Å². The summed E-state index contributed by atoms with van der Waals surface area (Å²) in [5, 5.41) is 3.67. The molecule has 3 unspecified atom stereocenters. The quantitative estimate of drug-likeness (QED) is 0.365. The molecule has 33 heavy (non-hydrogen) atoms. The summed E-state index contributed by atoms with van der Waals surface area (Å²) in [5.74, 6) is -2.30. The van der Waals surface area contributed by atoms with Crippen LogP contribution >= 0.6 is 11.8 Å². The molecule has 0 bridgehead atoms. The minimum Gasteiger partial charge on any atom is -0.497 e. The molecule has 2 aromatic rings. The van der Waals surface area contributed by atoms with Crippen LogP contribution in [0.4, 0.5) is 13.2 Å². The van der Waals surface area contributed by atoms with Crippen molar-refractivity contribution >= 4 is 11.8 Å². The van der Waals surface area contributed by atoms with E-state index in [0.717, 1.165) is 28.7 Å². The summed E-state index contributed by atoms with van der Waals surface area (Å²) in [6, 6.07) is 6.91. The molecule has 0 amide bonds. The van der Waals surface area contributed by atoms with Gasteiger partial charge in [-0.15, -0.1) is 11.8 Å². The van der Waals surface area contributed by atoms with E-state index in [0.29, 0.717) is 31.4 Å². The van der Waals surface area contributed by atoms with Crippen LogP contribution in [0.15, 0.2) is 47.5 Å². The van der Waals surface area contributed by atoms with Crippen molar-refractivity contribution < 1.29 is 22.6 Å². The minimum atomic E-state index is -1.21. The van der Waals surface area contributed by atoms with E-state index < -0.39 is 23.5 Å². The summed E-state index contributed by atoms with van der Waals surface area (Å²) < 4.78 is 51.8. The SMILES string of the molecule is C=C(CC(N)Cc1cc(F)c(F)cc1F)NC1(C(C)Sc2cc(OC)ccc2C)CCOC1. The van der Waals surface area contributed by atoms with E-state index in [1.165, 1.54) is 0 Å². The van der Waals surface area contributed by atoms with Gasteiger partial charge >= 0.3 is 0 Å². The van der Waals surface area contributed by atoms with Gasteiger partial charge in [-0.1, -0.05) is 19.6 Å². The minimum absolute atomic E-state index is 0.0468. The van der Waals surface area contributed by atoms with Crippen LogP contribution in [-0.2, 0) is 11.2 Å². The first-order chi connectivity index (χ1) is 15.6. The van der Waals surface area contributed by atoms with Gasteiger partial charge in [0, 0.05) is 41.0 Å².